The summed E-state index contributed by atoms with van der Waals surface area (Å²) < 4.78 is 11.5. The van der Waals surface area contributed by atoms with Crippen molar-refractivity contribution in [3.63, 3.8) is 0 Å². The van der Waals surface area contributed by atoms with Gasteiger partial charge >= 0.3 is 0 Å². The maximum absolute atomic E-state index is 12.6. The number of nitrogens with one attached hydrogen (secondary N) is 1. The van der Waals surface area contributed by atoms with Gasteiger partial charge in [0.25, 0.3) is 11.6 Å². The van der Waals surface area contributed by atoms with Crippen LogP contribution in [0.2, 0.25) is 0 Å². The summed E-state index contributed by atoms with van der Waals surface area (Å²) in [7, 11) is 0. The quantitative estimate of drug-likeness (QED) is 0.178. The predicted octanol–water partition coefficient (Wildman–Crippen LogP) is 4.83. The number of nitrogens with zero attached hydrogens (tertiary/aromatic N) is 2. The topological polar surface area (TPSA) is 114 Å². The molecule has 0 saturated carbocycles. The summed E-state index contributed by atoms with van der Waals surface area (Å²) in [4.78, 5) is 23.0. The molecule has 1 amide bonds. The lowest BCUT2D eigenvalue weighted by molar-refractivity contribution is -0.384. The third kappa shape index (κ3) is 6.31. The second-order valence-corrected chi connectivity index (χ2v) is 6.46. The van der Waals surface area contributed by atoms with Crippen LogP contribution in [0, 0.1) is 21.4 Å². The summed E-state index contributed by atoms with van der Waals surface area (Å²) in [5, 5.41) is 23.0. The predicted molar refractivity (Wildman–Crippen MR) is 123 cm³/mol. The number of hydrogen-bond acceptors (Lipinski definition) is 6. The summed E-state index contributed by atoms with van der Waals surface area (Å²) in [5.41, 5.74) is 1.19. The fourth-order valence-electron chi connectivity index (χ4n) is 2.85. The number of nitriles is 1. The second-order valence-electron chi connectivity index (χ2n) is 6.46. The van der Waals surface area contributed by atoms with Crippen LogP contribution in [0.4, 0.5) is 11.4 Å². The molecule has 0 atom stereocenters. The van der Waals surface area contributed by atoms with Gasteiger partial charge in [0, 0.05) is 23.4 Å². The molecule has 164 valence electrons. The standard InChI is InChI=1S/C24H23N3O5/c1-4-8-18-12-17(14-22(31-6-3)23(18)32-11-5-2)13-19(16-25)24(28)26-20-9-7-10-21(15-20)27(29)30/h4-5,7,9-10,12-15H,1-2,6,8,11H2,3H3,(H,26,28)/b19-13+. The number of benzene rings is 2. The Morgan fingerprint density at radius 3 is 2.66 bits per heavy atom. The van der Waals surface area contributed by atoms with Crippen molar-refractivity contribution >= 4 is 23.4 Å². The van der Waals surface area contributed by atoms with Gasteiger partial charge in [0.15, 0.2) is 11.5 Å². The Morgan fingerprint density at radius 2 is 2.03 bits per heavy atom. The Labute approximate surface area is 186 Å². The van der Waals surface area contributed by atoms with Crippen molar-refractivity contribution in [1.82, 2.24) is 0 Å². The maximum Gasteiger partial charge on any atom is 0.271 e. The zero-order valence-corrected chi connectivity index (χ0v) is 17.7. The highest BCUT2D eigenvalue weighted by Gasteiger charge is 2.16. The van der Waals surface area contributed by atoms with E-state index in [0.29, 0.717) is 30.1 Å². The van der Waals surface area contributed by atoms with E-state index in [1.54, 1.807) is 24.3 Å². The van der Waals surface area contributed by atoms with Crippen molar-refractivity contribution in [2.45, 2.75) is 13.3 Å². The highest BCUT2D eigenvalue weighted by molar-refractivity contribution is 6.09. The Balaban J connectivity index is 2.42. The molecule has 1 N–H and O–H groups in total. The lowest BCUT2D eigenvalue weighted by Crippen LogP contribution is -2.13. The van der Waals surface area contributed by atoms with Crippen LogP contribution in [0.5, 0.6) is 11.5 Å². The number of nitro groups is 1. The number of ether oxygens (including phenoxy) is 2. The molecule has 8 nitrogen and oxygen atoms in total. The Bertz CT molecular complexity index is 1100. The Morgan fingerprint density at radius 1 is 1.25 bits per heavy atom. The molecule has 8 heteroatoms. The van der Waals surface area contributed by atoms with E-state index in [1.165, 1.54) is 30.3 Å². The van der Waals surface area contributed by atoms with Crippen LogP contribution in [-0.4, -0.2) is 24.0 Å². The number of hydrogen-bond donors (Lipinski definition) is 1. The largest absolute Gasteiger partial charge is 0.490 e. The number of carbonyl (C=O) groups is 1. The van der Waals surface area contributed by atoms with Crippen molar-refractivity contribution in [3.8, 4) is 17.6 Å². The first-order valence-corrected chi connectivity index (χ1v) is 9.75. The highest BCUT2D eigenvalue weighted by atomic mass is 16.6. The zero-order chi connectivity index (χ0) is 23.5. The number of amides is 1. The van der Waals surface area contributed by atoms with Crippen molar-refractivity contribution in [2.75, 3.05) is 18.5 Å². The summed E-state index contributed by atoms with van der Waals surface area (Å²) in [6, 6.07) is 10.8. The van der Waals surface area contributed by atoms with Crippen LogP contribution < -0.4 is 14.8 Å². The Hall–Kier alpha value is -4.38. The first-order chi connectivity index (χ1) is 15.4. The third-order valence-corrected chi connectivity index (χ3v) is 4.15. The van der Waals surface area contributed by atoms with Gasteiger partial charge in [0.1, 0.15) is 18.2 Å². The van der Waals surface area contributed by atoms with E-state index in [4.69, 9.17) is 9.47 Å². The van der Waals surface area contributed by atoms with Crippen molar-refractivity contribution in [3.05, 3.63) is 88.5 Å². The van der Waals surface area contributed by atoms with Crippen LogP contribution in [0.1, 0.15) is 18.1 Å². The van der Waals surface area contributed by atoms with Crippen molar-refractivity contribution < 1.29 is 19.2 Å². The van der Waals surface area contributed by atoms with E-state index in [9.17, 15) is 20.2 Å². The number of anilines is 1. The third-order valence-electron chi connectivity index (χ3n) is 4.15. The highest BCUT2D eigenvalue weighted by Crippen LogP contribution is 2.35. The molecule has 0 radical (unpaired) electrons. The van der Waals surface area contributed by atoms with Gasteiger partial charge < -0.3 is 14.8 Å². The lowest BCUT2D eigenvalue weighted by atomic mass is 10.0. The molecule has 2 rings (SSSR count). The second kappa shape index (κ2) is 11.7. The Kier molecular flexibility index (Phi) is 8.75. The zero-order valence-electron chi connectivity index (χ0n) is 17.7. The molecule has 0 aromatic heterocycles. The minimum Gasteiger partial charge on any atom is -0.490 e. The van der Waals surface area contributed by atoms with Gasteiger partial charge in [-0.3, -0.25) is 14.9 Å². The number of non-ortho nitro benzene ring substituents is 1. The van der Waals surface area contributed by atoms with Crippen molar-refractivity contribution in [1.29, 1.82) is 5.26 Å². The molecule has 0 fully saturated rings. The maximum atomic E-state index is 12.6. The molecule has 0 bridgehead atoms. The molecule has 0 saturated heterocycles. The minimum atomic E-state index is -0.691. The monoisotopic (exact) mass is 433 g/mol. The van der Waals surface area contributed by atoms with Gasteiger partial charge in [-0.1, -0.05) is 24.8 Å². The molecule has 2 aromatic carbocycles. The van der Waals surface area contributed by atoms with Crippen molar-refractivity contribution in [2.24, 2.45) is 0 Å². The summed E-state index contributed by atoms with van der Waals surface area (Å²) >= 11 is 0. The van der Waals surface area contributed by atoms with Gasteiger partial charge in [0.2, 0.25) is 0 Å². The molecule has 0 unspecified atom stereocenters. The van der Waals surface area contributed by atoms with E-state index in [2.05, 4.69) is 18.5 Å². The van der Waals surface area contributed by atoms with E-state index in [1.807, 2.05) is 13.0 Å². The molecule has 2 aromatic rings. The smallest absolute Gasteiger partial charge is 0.271 e. The first kappa shape index (κ1) is 23.9. The summed E-state index contributed by atoms with van der Waals surface area (Å²) in [6.45, 7) is 9.92. The van der Waals surface area contributed by atoms with E-state index in [-0.39, 0.29) is 23.6 Å². The SMILES string of the molecule is C=CCOc1c(CC=C)cc(/C=C(\C#N)C(=O)Nc2cccc([N+](=O)[O-])c2)cc1OCC. The first-order valence-electron chi connectivity index (χ1n) is 9.75. The van der Waals surface area contributed by atoms with Crippen LogP contribution in [0.15, 0.2) is 67.3 Å². The number of nitro benzene ring substituents is 1. The minimum absolute atomic E-state index is 0.171. The average molecular weight is 433 g/mol. The van der Waals surface area contributed by atoms with Crippen LogP contribution >= 0.6 is 0 Å². The fourth-order valence-corrected chi connectivity index (χ4v) is 2.85. The van der Waals surface area contributed by atoms with Gasteiger partial charge in [-0.25, -0.2) is 0 Å². The molecule has 0 aliphatic rings. The number of carbonyl (C=O) groups excluding carboxylic acids is 1. The number of allylic oxidation sites excluding steroid dienone is 1. The van der Waals surface area contributed by atoms with E-state index < -0.39 is 10.8 Å². The number of rotatable bonds is 11. The molecule has 32 heavy (non-hydrogen) atoms. The molecule has 0 spiro atoms. The van der Waals surface area contributed by atoms with Crippen LogP contribution in [0.3, 0.4) is 0 Å². The molecule has 0 aliphatic heterocycles. The van der Waals surface area contributed by atoms with Gasteiger partial charge in [-0.15, -0.1) is 6.58 Å². The normalized spacial score (nSPS) is 10.6. The average Bonchev–Trinajstić information content (AvgIpc) is 2.77. The van der Waals surface area contributed by atoms with Gasteiger partial charge in [-0.2, -0.15) is 5.26 Å². The van der Waals surface area contributed by atoms with Gasteiger partial charge in [-0.05, 0) is 43.2 Å². The van der Waals surface area contributed by atoms with Crippen LogP contribution in [0.25, 0.3) is 6.08 Å². The van der Waals surface area contributed by atoms with Gasteiger partial charge in [0.05, 0.1) is 11.5 Å². The molecule has 0 aliphatic carbocycles. The van der Waals surface area contributed by atoms with Crippen LogP contribution in [-0.2, 0) is 11.2 Å². The molecular formula is C24H23N3O5. The molecule has 0 heterocycles. The van der Waals surface area contributed by atoms with E-state index in [0.717, 1.165) is 5.56 Å². The lowest BCUT2D eigenvalue weighted by Gasteiger charge is -2.16. The molecular weight excluding hydrogens is 410 g/mol. The fraction of sp³-hybridized carbons (Fsp3) is 0.167. The van der Waals surface area contributed by atoms with E-state index >= 15 is 0 Å². The summed E-state index contributed by atoms with van der Waals surface area (Å²) in [6.07, 6.45) is 5.22. The summed E-state index contributed by atoms with van der Waals surface area (Å²) in [5.74, 6) is 0.322.